The average molecular weight is 286 g/mol. The number of hydrogen-bond donors (Lipinski definition) is 1. The summed E-state index contributed by atoms with van der Waals surface area (Å²) in [5.41, 5.74) is 1.19. The van der Waals surface area contributed by atoms with Crippen molar-refractivity contribution in [1.82, 2.24) is 4.90 Å². The third kappa shape index (κ3) is 3.43. The number of carboxylic acid groups (broad SMARTS) is 1. The molecule has 0 radical (unpaired) electrons. The number of carboxylic acids is 1. The molecule has 1 aromatic rings. The molecule has 0 unspecified atom stereocenters. The quantitative estimate of drug-likeness (QED) is 0.903. The van der Waals surface area contributed by atoms with Gasteiger partial charge in [-0.3, -0.25) is 9.69 Å². The Bertz CT molecular complexity index is 540. The Balaban J connectivity index is 2.01. The van der Waals surface area contributed by atoms with Gasteiger partial charge in [0.15, 0.2) is 0 Å². The van der Waals surface area contributed by atoms with Crippen LogP contribution in [0.3, 0.4) is 0 Å². The second-order valence-electron chi connectivity index (χ2n) is 5.88. The van der Waals surface area contributed by atoms with Crippen LogP contribution >= 0.6 is 0 Å². The molecule has 0 aliphatic carbocycles. The summed E-state index contributed by atoms with van der Waals surface area (Å²) in [7, 11) is 0. The number of piperidine rings is 1. The largest absolute Gasteiger partial charge is 0.481 e. The molecule has 4 nitrogen and oxygen atoms in total. The van der Waals surface area contributed by atoms with Gasteiger partial charge in [0, 0.05) is 6.54 Å². The van der Waals surface area contributed by atoms with E-state index in [0.29, 0.717) is 18.4 Å². The number of likely N-dealkylation sites (tertiary alicyclic amines) is 1. The van der Waals surface area contributed by atoms with Gasteiger partial charge >= 0.3 is 5.97 Å². The molecular formula is C17H22N2O2. The van der Waals surface area contributed by atoms with Gasteiger partial charge in [0.2, 0.25) is 0 Å². The highest BCUT2D eigenvalue weighted by Crippen LogP contribution is 2.36. The van der Waals surface area contributed by atoms with Gasteiger partial charge in [-0.1, -0.05) is 31.5 Å². The molecule has 0 saturated carbocycles. The number of nitrogens with zero attached hydrogens (tertiary/aromatic N) is 2. The highest BCUT2D eigenvalue weighted by atomic mass is 16.4. The Hall–Kier alpha value is -1.86. The third-order valence-corrected chi connectivity index (χ3v) is 4.53. The van der Waals surface area contributed by atoms with Crippen molar-refractivity contribution in [1.29, 1.82) is 5.26 Å². The van der Waals surface area contributed by atoms with Gasteiger partial charge in [-0.15, -0.1) is 0 Å². The fourth-order valence-corrected chi connectivity index (χ4v) is 3.20. The third-order valence-electron chi connectivity index (χ3n) is 4.53. The lowest BCUT2D eigenvalue weighted by atomic mass is 9.75. The summed E-state index contributed by atoms with van der Waals surface area (Å²) in [6.45, 7) is 4.34. The van der Waals surface area contributed by atoms with Crippen molar-refractivity contribution in [2.75, 3.05) is 13.1 Å². The van der Waals surface area contributed by atoms with E-state index in [-0.39, 0.29) is 0 Å². The highest BCUT2D eigenvalue weighted by molar-refractivity contribution is 5.74. The molecule has 4 heteroatoms. The molecule has 0 bridgehead atoms. The first-order valence-corrected chi connectivity index (χ1v) is 7.55. The predicted molar refractivity (Wildman–Crippen MR) is 80.6 cm³/mol. The molecular weight excluding hydrogens is 264 g/mol. The van der Waals surface area contributed by atoms with Crippen molar-refractivity contribution in [3.63, 3.8) is 0 Å². The fourth-order valence-electron chi connectivity index (χ4n) is 3.20. The molecule has 1 aliphatic heterocycles. The summed E-state index contributed by atoms with van der Waals surface area (Å²) < 4.78 is 0. The molecule has 1 fully saturated rings. The van der Waals surface area contributed by atoms with Crippen LogP contribution in [-0.2, 0) is 11.3 Å². The van der Waals surface area contributed by atoms with Crippen molar-refractivity contribution in [3.05, 3.63) is 35.4 Å². The molecule has 0 aromatic heterocycles. The first-order chi connectivity index (χ1) is 10.1. The summed E-state index contributed by atoms with van der Waals surface area (Å²) in [6, 6.07) is 9.84. The van der Waals surface area contributed by atoms with Gasteiger partial charge in [0.05, 0.1) is 17.0 Å². The maximum atomic E-state index is 11.6. The van der Waals surface area contributed by atoms with E-state index in [1.807, 2.05) is 31.2 Å². The molecule has 1 heterocycles. The van der Waals surface area contributed by atoms with Gasteiger partial charge in [-0.05, 0) is 44.0 Å². The van der Waals surface area contributed by atoms with E-state index in [1.165, 1.54) is 0 Å². The first-order valence-electron chi connectivity index (χ1n) is 7.55. The average Bonchev–Trinajstić information content (AvgIpc) is 2.50. The number of carbonyl (C=O) groups is 1. The fraction of sp³-hybridized carbons (Fsp3) is 0.529. The van der Waals surface area contributed by atoms with Crippen LogP contribution in [-0.4, -0.2) is 29.1 Å². The molecule has 2 rings (SSSR count). The molecule has 0 spiro atoms. The summed E-state index contributed by atoms with van der Waals surface area (Å²) in [4.78, 5) is 13.8. The van der Waals surface area contributed by atoms with Crippen molar-refractivity contribution in [3.8, 4) is 6.07 Å². The molecule has 1 saturated heterocycles. The Labute approximate surface area is 126 Å². The smallest absolute Gasteiger partial charge is 0.309 e. The van der Waals surface area contributed by atoms with Crippen molar-refractivity contribution >= 4 is 5.97 Å². The van der Waals surface area contributed by atoms with Gasteiger partial charge in [-0.25, -0.2) is 0 Å². The van der Waals surface area contributed by atoms with Gasteiger partial charge < -0.3 is 5.11 Å². The Morgan fingerprint density at radius 3 is 2.62 bits per heavy atom. The van der Waals surface area contributed by atoms with E-state index in [9.17, 15) is 9.90 Å². The maximum absolute atomic E-state index is 11.6. The van der Waals surface area contributed by atoms with Gasteiger partial charge in [-0.2, -0.15) is 5.26 Å². The summed E-state index contributed by atoms with van der Waals surface area (Å²) >= 11 is 0. The van der Waals surface area contributed by atoms with Crippen molar-refractivity contribution in [2.45, 2.75) is 39.2 Å². The number of benzene rings is 1. The Kier molecular flexibility index (Phi) is 4.98. The monoisotopic (exact) mass is 286 g/mol. The van der Waals surface area contributed by atoms with Crippen LogP contribution in [0.1, 0.15) is 43.7 Å². The van der Waals surface area contributed by atoms with Crippen LogP contribution in [0.2, 0.25) is 0 Å². The predicted octanol–water partition coefficient (Wildman–Crippen LogP) is 3.03. The van der Waals surface area contributed by atoms with Crippen LogP contribution in [0, 0.1) is 16.7 Å². The minimum Gasteiger partial charge on any atom is -0.481 e. The molecule has 112 valence electrons. The lowest BCUT2D eigenvalue weighted by molar-refractivity contribution is -0.152. The topological polar surface area (TPSA) is 64.3 Å². The lowest BCUT2D eigenvalue weighted by Crippen LogP contribution is -2.44. The summed E-state index contributed by atoms with van der Waals surface area (Å²) in [5.74, 6) is -0.651. The van der Waals surface area contributed by atoms with Crippen LogP contribution in [0.5, 0.6) is 0 Å². The molecule has 0 atom stereocenters. The first kappa shape index (κ1) is 15.5. The summed E-state index contributed by atoms with van der Waals surface area (Å²) in [5, 5.41) is 18.6. The SMILES string of the molecule is CCCC1(C(=O)O)CCN(Cc2ccccc2C#N)CC1. The van der Waals surface area contributed by atoms with Crippen LogP contribution in [0.25, 0.3) is 0 Å². The number of hydrogen-bond acceptors (Lipinski definition) is 3. The van der Waals surface area contributed by atoms with Crippen molar-refractivity contribution < 1.29 is 9.90 Å². The van der Waals surface area contributed by atoms with E-state index >= 15 is 0 Å². The molecule has 1 aliphatic rings. The van der Waals surface area contributed by atoms with E-state index in [4.69, 9.17) is 5.26 Å². The van der Waals surface area contributed by atoms with Crippen LogP contribution in [0.4, 0.5) is 0 Å². The zero-order chi connectivity index (χ0) is 15.3. The standard InChI is InChI=1S/C17H22N2O2/c1-2-7-17(16(20)21)8-10-19(11-9-17)13-15-6-4-3-5-14(15)12-18/h3-6H,2,7-11,13H2,1H3,(H,20,21). The second kappa shape index (κ2) is 6.73. The van der Waals surface area contributed by atoms with E-state index in [2.05, 4.69) is 11.0 Å². The van der Waals surface area contributed by atoms with Crippen LogP contribution < -0.4 is 0 Å². The molecule has 1 N–H and O–H groups in total. The van der Waals surface area contributed by atoms with E-state index in [0.717, 1.165) is 38.0 Å². The van der Waals surface area contributed by atoms with Gasteiger partial charge in [0.25, 0.3) is 0 Å². The second-order valence-corrected chi connectivity index (χ2v) is 5.88. The number of nitriles is 1. The Morgan fingerprint density at radius 1 is 1.38 bits per heavy atom. The Morgan fingerprint density at radius 2 is 2.05 bits per heavy atom. The number of aliphatic carboxylic acids is 1. The van der Waals surface area contributed by atoms with Crippen LogP contribution in [0.15, 0.2) is 24.3 Å². The lowest BCUT2D eigenvalue weighted by Gasteiger charge is -2.39. The zero-order valence-corrected chi connectivity index (χ0v) is 12.5. The summed E-state index contributed by atoms with van der Waals surface area (Å²) in [6.07, 6.45) is 3.06. The highest BCUT2D eigenvalue weighted by Gasteiger charge is 2.40. The molecule has 21 heavy (non-hydrogen) atoms. The zero-order valence-electron chi connectivity index (χ0n) is 12.5. The minimum atomic E-state index is -0.651. The minimum absolute atomic E-state index is 0.542. The van der Waals surface area contributed by atoms with E-state index in [1.54, 1.807) is 0 Å². The maximum Gasteiger partial charge on any atom is 0.309 e. The van der Waals surface area contributed by atoms with E-state index < -0.39 is 11.4 Å². The molecule has 0 amide bonds. The number of rotatable bonds is 5. The normalized spacial score (nSPS) is 18.1. The van der Waals surface area contributed by atoms with Gasteiger partial charge in [0.1, 0.15) is 0 Å². The molecule has 1 aromatic carbocycles. The van der Waals surface area contributed by atoms with Crippen molar-refractivity contribution in [2.24, 2.45) is 5.41 Å².